The number of likely N-dealkylation sites (tertiary alicyclic amines) is 1. The molecule has 3 aromatic carbocycles. The molecule has 2 unspecified atom stereocenters. The van der Waals surface area contributed by atoms with Crippen molar-refractivity contribution in [2.24, 2.45) is 5.92 Å². The number of methoxy groups -OCH3 is 1. The van der Waals surface area contributed by atoms with E-state index < -0.39 is 12.1 Å². The molecule has 224 valence electrons. The number of hydrogen-bond acceptors (Lipinski definition) is 7. The number of rotatable bonds is 8. The highest BCUT2D eigenvalue weighted by Gasteiger charge is 2.37. The van der Waals surface area contributed by atoms with Crippen LogP contribution in [-0.2, 0) is 9.53 Å². The van der Waals surface area contributed by atoms with Gasteiger partial charge >= 0.3 is 6.09 Å². The molecule has 44 heavy (non-hydrogen) atoms. The minimum absolute atomic E-state index is 0.0893. The summed E-state index contributed by atoms with van der Waals surface area (Å²) in [7, 11) is 1.30. The third kappa shape index (κ3) is 5.96. The standard InChI is InChI=1S/C34H35N7O3/c1-21(2)30(40-34(43)44-3)33(42)41-17-7-10-29(41)32-38-27-16-15-24(18-28(27)39-32)22-11-13-23(14-12-22)26-19-35-20-36-31(26)37-25-8-5-4-6-9-25/h4-6,8-9,11-16,18-21,29-30H,7,10,17H2,1-3H3,(H,38,39)(H,40,43)(H,35,36,37). The number of amides is 2. The van der Waals surface area contributed by atoms with Crippen LogP contribution in [0.4, 0.5) is 16.3 Å². The van der Waals surface area contributed by atoms with Crippen LogP contribution in [0, 0.1) is 5.92 Å². The topological polar surface area (TPSA) is 125 Å². The number of hydrogen-bond donors (Lipinski definition) is 3. The van der Waals surface area contributed by atoms with Crippen molar-refractivity contribution in [2.75, 3.05) is 19.0 Å². The molecule has 1 fully saturated rings. The third-order valence-electron chi connectivity index (χ3n) is 8.02. The number of H-pyrrole nitrogens is 1. The van der Waals surface area contributed by atoms with Crippen molar-refractivity contribution in [3.63, 3.8) is 0 Å². The maximum absolute atomic E-state index is 13.5. The molecule has 0 aliphatic carbocycles. The van der Waals surface area contributed by atoms with Gasteiger partial charge < -0.3 is 25.3 Å². The maximum atomic E-state index is 13.5. The Morgan fingerprint density at radius 3 is 2.50 bits per heavy atom. The fourth-order valence-electron chi connectivity index (χ4n) is 5.70. The normalized spacial score (nSPS) is 15.4. The highest BCUT2D eigenvalue weighted by atomic mass is 16.5. The van der Waals surface area contributed by atoms with Crippen LogP contribution in [0.2, 0.25) is 0 Å². The van der Waals surface area contributed by atoms with E-state index in [9.17, 15) is 9.59 Å². The van der Waals surface area contributed by atoms with Gasteiger partial charge in [0, 0.05) is 24.0 Å². The van der Waals surface area contributed by atoms with Gasteiger partial charge in [-0.15, -0.1) is 0 Å². The van der Waals surface area contributed by atoms with Gasteiger partial charge in [0.25, 0.3) is 0 Å². The van der Waals surface area contributed by atoms with Crippen LogP contribution >= 0.6 is 0 Å². The average Bonchev–Trinajstić information content (AvgIpc) is 3.71. The summed E-state index contributed by atoms with van der Waals surface area (Å²) in [6, 6.07) is 23.5. The SMILES string of the molecule is COC(=O)NC(C(=O)N1CCCC1c1nc2ccc(-c3ccc(-c4cncnc4Nc4ccccc4)cc3)cc2[nH]1)C(C)C. The van der Waals surface area contributed by atoms with Gasteiger partial charge in [0.2, 0.25) is 5.91 Å². The minimum Gasteiger partial charge on any atom is -0.453 e. The largest absolute Gasteiger partial charge is 0.453 e. The number of nitrogens with one attached hydrogen (secondary N) is 3. The smallest absolute Gasteiger partial charge is 0.407 e. The number of imidazole rings is 1. The first-order chi connectivity index (χ1) is 21.4. The first kappa shape index (κ1) is 28.9. The molecule has 3 heterocycles. The van der Waals surface area contributed by atoms with Gasteiger partial charge in [-0.1, -0.05) is 62.4 Å². The molecule has 1 aliphatic heterocycles. The number of fused-ring (bicyclic) bond motifs is 1. The van der Waals surface area contributed by atoms with Gasteiger partial charge in [-0.25, -0.2) is 19.7 Å². The lowest BCUT2D eigenvalue weighted by Crippen LogP contribution is -2.51. The van der Waals surface area contributed by atoms with Gasteiger partial charge in [-0.2, -0.15) is 0 Å². The molecule has 3 N–H and O–H groups in total. The molecular formula is C34H35N7O3. The lowest BCUT2D eigenvalue weighted by molar-refractivity contribution is -0.135. The third-order valence-corrected chi connectivity index (χ3v) is 8.02. The van der Waals surface area contributed by atoms with E-state index >= 15 is 0 Å². The van der Waals surface area contributed by atoms with Gasteiger partial charge in [0.1, 0.15) is 24.0 Å². The Hall–Kier alpha value is -5.25. The second kappa shape index (κ2) is 12.5. The summed E-state index contributed by atoms with van der Waals surface area (Å²) in [6.45, 7) is 4.43. The second-order valence-corrected chi connectivity index (χ2v) is 11.3. The summed E-state index contributed by atoms with van der Waals surface area (Å²) in [5.74, 6) is 1.28. The quantitative estimate of drug-likeness (QED) is 0.189. The van der Waals surface area contributed by atoms with Crippen molar-refractivity contribution in [1.29, 1.82) is 0 Å². The zero-order chi connectivity index (χ0) is 30.6. The molecule has 1 aliphatic rings. The molecule has 0 radical (unpaired) electrons. The number of benzene rings is 3. The van der Waals surface area contributed by atoms with Crippen LogP contribution in [0.3, 0.4) is 0 Å². The first-order valence-electron chi connectivity index (χ1n) is 14.8. The molecule has 1 saturated heterocycles. The van der Waals surface area contributed by atoms with E-state index in [0.717, 1.165) is 63.5 Å². The Labute approximate surface area is 255 Å². The molecular weight excluding hydrogens is 554 g/mol. The Balaban J connectivity index is 1.22. The Bertz CT molecular complexity index is 1770. The van der Waals surface area contributed by atoms with Crippen LogP contribution in [0.5, 0.6) is 0 Å². The van der Waals surface area contributed by atoms with E-state index in [0.29, 0.717) is 6.54 Å². The molecule has 6 rings (SSSR count). The summed E-state index contributed by atoms with van der Waals surface area (Å²) >= 11 is 0. The molecule has 2 aromatic heterocycles. The Kier molecular flexibility index (Phi) is 8.23. The second-order valence-electron chi connectivity index (χ2n) is 11.3. The maximum Gasteiger partial charge on any atom is 0.407 e. The van der Waals surface area contributed by atoms with Crippen LogP contribution in [0.15, 0.2) is 85.3 Å². The van der Waals surface area contributed by atoms with E-state index in [2.05, 4.69) is 62.0 Å². The average molecular weight is 590 g/mol. The van der Waals surface area contributed by atoms with Gasteiger partial charge in [-0.05, 0) is 59.7 Å². The Morgan fingerprint density at radius 1 is 1.00 bits per heavy atom. The van der Waals surface area contributed by atoms with Gasteiger partial charge in [0.15, 0.2) is 0 Å². The van der Waals surface area contributed by atoms with Crippen LogP contribution < -0.4 is 10.6 Å². The predicted octanol–water partition coefficient (Wildman–Crippen LogP) is 6.47. The highest BCUT2D eigenvalue weighted by molar-refractivity contribution is 5.87. The van der Waals surface area contributed by atoms with Crippen molar-refractivity contribution >= 4 is 34.5 Å². The fourth-order valence-corrected chi connectivity index (χ4v) is 5.70. The van der Waals surface area contributed by atoms with Crippen molar-refractivity contribution in [1.82, 2.24) is 30.2 Å². The molecule has 2 amide bonds. The Morgan fingerprint density at radius 2 is 1.75 bits per heavy atom. The number of alkyl carbamates (subject to hydrolysis) is 1. The van der Waals surface area contributed by atoms with E-state index in [-0.39, 0.29) is 17.9 Å². The molecule has 5 aromatic rings. The van der Waals surface area contributed by atoms with Gasteiger partial charge in [0.05, 0.1) is 24.2 Å². The van der Waals surface area contributed by atoms with Crippen molar-refractivity contribution in [3.8, 4) is 22.3 Å². The van der Waals surface area contributed by atoms with Crippen LogP contribution in [0.1, 0.15) is 38.6 Å². The van der Waals surface area contributed by atoms with E-state index in [1.807, 2.05) is 61.3 Å². The first-order valence-corrected chi connectivity index (χ1v) is 14.8. The molecule has 10 nitrogen and oxygen atoms in total. The number of para-hydroxylation sites is 1. The van der Waals surface area contributed by atoms with Crippen molar-refractivity contribution < 1.29 is 14.3 Å². The lowest BCUT2D eigenvalue weighted by Gasteiger charge is -2.29. The summed E-state index contributed by atoms with van der Waals surface area (Å²) in [6.07, 6.45) is 4.41. The van der Waals surface area contributed by atoms with E-state index in [1.54, 1.807) is 6.33 Å². The fraction of sp³-hybridized carbons (Fsp3) is 0.265. The molecule has 10 heteroatoms. The van der Waals surface area contributed by atoms with E-state index in [4.69, 9.17) is 9.72 Å². The monoisotopic (exact) mass is 589 g/mol. The molecule has 2 atom stereocenters. The zero-order valence-electron chi connectivity index (χ0n) is 24.9. The molecule has 0 spiro atoms. The minimum atomic E-state index is -0.672. The molecule has 0 bridgehead atoms. The summed E-state index contributed by atoms with van der Waals surface area (Å²) in [5.41, 5.74) is 6.73. The number of carbonyl (C=O) groups is 2. The number of anilines is 2. The number of aromatic amines is 1. The number of carbonyl (C=O) groups excluding carboxylic acids is 2. The van der Waals surface area contributed by atoms with Crippen molar-refractivity contribution in [2.45, 2.75) is 38.8 Å². The summed E-state index contributed by atoms with van der Waals surface area (Å²) in [5, 5.41) is 6.09. The lowest BCUT2D eigenvalue weighted by atomic mass is 10.0. The zero-order valence-corrected chi connectivity index (χ0v) is 24.9. The summed E-state index contributed by atoms with van der Waals surface area (Å²) in [4.78, 5) is 44.3. The number of nitrogens with zero attached hydrogens (tertiary/aromatic N) is 4. The predicted molar refractivity (Wildman–Crippen MR) is 170 cm³/mol. The van der Waals surface area contributed by atoms with Crippen LogP contribution in [-0.4, -0.2) is 56.5 Å². The highest BCUT2D eigenvalue weighted by Crippen LogP contribution is 2.34. The van der Waals surface area contributed by atoms with Crippen molar-refractivity contribution in [3.05, 3.63) is 91.1 Å². The van der Waals surface area contributed by atoms with E-state index in [1.165, 1.54) is 7.11 Å². The number of ether oxygens (including phenoxy) is 1. The summed E-state index contributed by atoms with van der Waals surface area (Å²) < 4.78 is 4.75. The van der Waals surface area contributed by atoms with Crippen LogP contribution in [0.25, 0.3) is 33.3 Å². The van der Waals surface area contributed by atoms with Gasteiger partial charge in [-0.3, -0.25) is 4.79 Å². The number of aromatic nitrogens is 4. The molecule has 0 saturated carbocycles.